The molecule has 0 aromatic heterocycles. The predicted octanol–water partition coefficient (Wildman–Crippen LogP) is 1.41. The summed E-state index contributed by atoms with van der Waals surface area (Å²) in [4.78, 5) is 0.407. The van der Waals surface area contributed by atoms with Crippen LogP contribution in [0.2, 0.25) is 0 Å². The fraction of sp³-hybridized carbons (Fsp3) is 0.250. The van der Waals surface area contributed by atoms with E-state index in [0.29, 0.717) is 11.5 Å². The first-order valence-electron chi connectivity index (χ1n) is 3.43. The predicted molar refractivity (Wildman–Crippen MR) is 46.2 cm³/mol. The highest BCUT2D eigenvalue weighted by Gasteiger charge is 1.99. The van der Waals surface area contributed by atoms with Crippen LogP contribution in [0.1, 0.15) is 5.56 Å². The summed E-state index contributed by atoms with van der Waals surface area (Å²) < 4.78 is 24.3. The Morgan fingerprint density at radius 2 is 2.33 bits per heavy atom. The van der Waals surface area contributed by atoms with E-state index < -0.39 is 11.1 Å². The Balaban J connectivity index is 2.88. The summed E-state index contributed by atoms with van der Waals surface area (Å²) in [6, 6.07) is 6.84. The molecule has 0 radical (unpaired) electrons. The van der Waals surface area contributed by atoms with Crippen molar-refractivity contribution < 1.29 is 13.5 Å². The van der Waals surface area contributed by atoms with Crippen molar-refractivity contribution in [2.45, 2.75) is 11.5 Å². The van der Waals surface area contributed by atoms with Crippen molar-refractivity contribution in [3.8, 4) is 0 Å². The first-order valence-corrected chi connectivity index (χ1v) is 4.53. The van der Waals surface area contributed by atoms with E-state index >= 15 is 0 Å². The van der Waals surface area contributed by atoms with Crippen LogP contribution in [0.15, 0.2) is 29.2 Å². The van der Waals surface area contributed by atoms with Gasteiger partial charge in [-0.05, 0) is 17.7 Å². The van der Waals surface area contributed by atoms with Gasteiger partial charge in [-0.15, -0.1) is 0 Å². The van der Waals surface area contributed by atoms with Crippen LogP contribution < -0.4 is 0 Å². The van der Waals surface area contributed by atoms with E-state index in [1.807, 2.05) is 6.07 Å². The average molecular weight is 186 g/mol. The third-order valence-electron chi connectivity index (χ3n) is 1.41. The Labute approximate surface area is 73.7 Å². The number of hydrogen-bond acceptors (Lipinski definition) is 2. The fourth-order valence-electron chi connectivity index (χ4n) is 0.911. The van der Waals surface area contributed by atoms with E-state index in [-0.39, 0.29) is 0 Å². The van der Waals surface area contributed by atoms with Crippen molar-refractivity contribution in [2.75, 3.05) is 7.11 Å². The maximum Gasteiger partial charge on any atom is 0.186 e. The monoisotopic (exact) mass is 186 g/mol. The standard InChI is InChI=1S/C8H10O3S/c1-11-6-7-3-2-4-8(5-7)12(9)10/h2-5H,6H2,1H3,(H,9,10). The van der Waals surface area contributed by atoms with Gasteiger partial charge in [-0.3, -0.25) is 0 Å². The van der Waals surface area contributed by atoms with Gasteiger partial charge in [0.25, 0.3) is 0 Å². The van der Waals surface area contributed by atoms with Gasteiger partial charge in [0.15, 0.2) is 11.1 Å². The Bertz CT molecular complexity index is 285. The van der Waals surface area contributed by atoms with Crippen LogP contribution in [0, 0.1) is 0 Å². The summed E-state index contributed by atoms with van der Waals surface area (Å²) in [5.41, 5.74) is 0.900. The van der Waals surface area contributed by atoms with E-state index in [2.05, 4.69) is 0 Å². The minimum atomic E-state index is -1.90. The van der Waals surface area contributed by atoms with Gasteiger partial charge in [-0.2, -0.15) is 0 Å². The van der Waals surface area contributed by atoms with Crippen molar-refractivity contribution in [1.29, 1.82) is 0 Å². The van der Waals surface area contributed by atoms with Crippen LogP contribution in [-0.2, 0) is 22.4 Å². The topological polar surface area (TPSA) is 46.5 Å². The molecule has 66 valence electrons. The third kappa shape index (κ3) is 2.41. The highest BCUT2D eigenvalue weighted by molar-refractivity contribution is 7.79. The normalized spacial score (nSPS) is 12.8. The van der Waals surface area contributed by atoms with Crippen molar-refractivity contribution in [3.05, 3.63) is 29.8 Å². The molecule has 1 atom stereocenters. The molecule has 0 heterocycles. The highest BCUT2D eigenvalue weighted by Crippen LogP contribution is 2.08. The Morgan fingerprint density at radius 3 is 2.92 bits per heavy atom. The Morgan fingerprint density at radius 1 is 1.58 bits per heavy atom. The molecular weight excluding hydrogens is 176 g/mol. The molecule has 0 fully saturated rings. The van der Waals surface area contributed by atoms with Gasteiger partial charge in [-0.1, -0.05) is 12.1 Å². The number of benzene rings is 1. The van der Waals surface area contributed by atoms with Gasteiger partial charge in [-0.25, -0.2) is 4.21 Å². The summed E-state index contributed by atoms with van der Waals surface area (Å²) in [5, 5.41) is 0. The van der Waals surface area contributed by atoms with Crippen LogP contribution >= 0.6 is 0 Å². The SMILES string of the molecule is COCc1cccc(S(=O)O)c1. The van der Waals surface area contributed by atoms with Gasteiger partial charge < -0.3 is 9.29 Å². The Kier molecular flexibility index (Phi) is 3.40. The maximum absolute atomic E-state index is 10.6. The second-order valence-corrected chi connectivity index (χ2v) is 3.30. The molecule has 0 aliphatic heterocycles. The largest absolute Gasteiger partial charge is 0.380 e. The highest BCUT2D eigenvalue weighted by atomic mass is 32.2. The van der Waals surface area contributed by atoms with Gasteiger partial charge in [0.05, 0.1) is 11.5 Å². The molecule has 0 amide bonds. The molecule has 1 aromatic carbocycles. The van der Waals surface area contributed by atoms with Crippen LogP contribution in [0.3, 0.4) is 0 Å². The first kappa shape index (κ1) is 9.38. The van der Waals surface area contributed by atoms with E-state index in [0.717, 1.165) is 5.56 Å². The zero-order chi connectivity index (χ0) is 8.97. The van der Waals surface area contributed by atoms with E-state index in [1.54, 1.807) is 25.3 Å². The molecule has 0 saturated carbocycles. The zero-order valence-electron chi connectivity index (χ0n) is 6.69. The summed E-state index contributed by atoms with van der Waals surface area (Å²) >= 11 is -1.90. The van der Waals surface area contributed by atoms with E-state index in [1.165, 1.54) is 0 Å². The fourth-order valence-corrected chi connectivity index (χ4v) is 1.36. The minimum absolute atomic E-state index is 0.407. The summed E-state index contributed by atoms with van der Waals surface area (Å²) in [6.07, 6.45) is 0. The lowest BCUT2D eigenvalue weighted by Gasteiger charge is -2.00. The van der Waals surface area contributed by atoms with E-state index in [9.17, 15) is 4.21 Å². The molecule has 1 N–H and O–H groups in total. The third-order valence-corrected chi connectivity index (χ3v) is 2.07. The first-order chi connectivity index (χ1) is 5.74. The number of rotatable bonds is 3. The minimum Gasteiger partial charge on any atom is -0.380 e. The van der Waals surface area contributed by atoms with Crippen molar-refractivity contribution >= 4 is 11.1 Å². The van der Waals surface area contributed by atoms with Crippen LogP contribution in [-0.4, -0.2) is 15.9 Å². The van der Waals surface area contributed by atoms with Crippen LogP contribution in [0.4, 0.5) is 0 Å². The molecule has 0 aliphatic rings. The van der Waals surface area contributed by atoms with Gasteiger partial charge in [0.2, 0.25) is 0 Å². The maximum atomic E-state index is 10.6. The molecule has 1 unspecified atom stereocenters. The summed E-state index contributed by atoms with van der Waals surface area (Å²) in [6.45, 7) is 0.463. The summed E-state index contributed by atoms with van der Waals surface area (Å²) in [7, 11) is 1.59. The second kappa shape index (κ2) is 4.35. The summed E-state index contributed by atoms with van der Waals surface area (Å²) in [5.74, 6) is 0. The number of ether oxygens (including phenoxy) is 1. The Hall–Kier alpha value is -0.710. The number of hydrogen-bond donors (Lipinski definition) is 1. The molecule has 1 aromatic rings. The lowest BCUT2D eigenvalue weighted by atomic mass is 10.2. The molecule has 3 nitrogen and oxygen atoms in total. The molecular formula is C8H10O3S. The molecule has 12 heavy (non-hydrogen) atoms. The second-order valence-electron chi connectivity index (χ2n) is 2.33. The van der Waals surface area contributed by atoms with Crippen molar-refractivity contribution in [2.24, 2.45) is 0 Å². The molecule has 0 aliphatic carbocycles. The van der Waals surface area contributed by atoms with E-state index in [4.69, 9.17) is 9.29 Å². The number of methoxy groups -OCH3 is 1. The molecule has 4 heteroatoms. The van der Waals surface area contributed by atoms with Crippen molar-refractivity contribution in [1.82, 2.24) is 0 Å². The zero-order valence-corrected chi connectivity index (χ0v) is 7.50. The lowest BCUT2D eigenvalue weighted by molar-refractivity contribution is 0.184. The lowest BCUT2D eigenvalue weighted by Crippen LogP contribution is -1.92. The van der Waals surface area contributed by atoms with Crippen molar-refractivity contribution in [3.63, 3.8) is 0 Å². The quantitative estimate of drug-likeness (QED) is 0.726. The van der Waals surface area contributed by atoms with Gasteiger partial charge >= 0.3 is 0 Å². The van der Waals surface area contributed by atoms with Crippen LogP contribution in [0.5, 0.6) is 0 Å². The molecule has 0 saturated heterocycles. The molecule has 1 rings (SSSR count). The smallest absolute Gasteiger partial charge is 0.186 e. The molecule has 0 spiro atoms. The van der Waals surface area contributed by atoms with Gasteiger partial charge in [0, 0.05) is 7.11 Å². The van der Waals surface area contributed by atoms with Gasteiger partial charge in [0.1, 0.15) is 0 Å². The average Bonchev–Trinajstić information content (AvgIpc) is 2.05. The van der Waals surface area contributed by atoms with Crippen LogP contribution in [0.25, 0.3) is 0 Å². The molecule has 0 bridgehead atoms.